The van der Waals surface area contributed by atoms with E-state index in [-0.39, 0.29) is 33.3 Å². The second-order valence-electron chi connectivity index (χ2n) is 5.97. The fraction of sp³-hybridized carbons (Fsp3) is 0.200. The molecule has 0 radical (unpaired) electrons. The molecule has 0 saturated heterocycles. The first-order chi connectivity index (χ1) is 12.4. The van der Waals surface area contributed by atoms with Crippen LogP contribution >= 0.6 is 11.6 Å². The molecule has 1 heterocycles. The Hall–Kier alpha value is -2.21. The van der Waals surface area contributed by atoms with Crippen molar-refractivity contribution in [2.24, 2.45) is 5.14 Å². The molecule has 3 rings (SSSR count). The highest BCUT2D eigenvalue weighted by Gasteiger charge is 2.33. The molecule has 2 N–H and O–H groups in total. The van der Waals surface area contributed by atoms with Crippen LogP contribution in [0.2, 0.25) is 5.02 Å². The smallest absolute Gasteiger partial charge is 0.266 e. The number of benzene rings is 2. The predicted octanol–water partition coefficient (Wildman–Crippen LogP) is 1.96. The third-order valence-corrected chi connectivity index (χ3v) is 7.40. The Morgan fingerprint density at radius 3 is 2.41 bits per heavy atom. The van der Waals surface area contributed by atoms with Crippen LogP contribution in [0.25, 0.3) is 0 Å². The summed E-state index contributed by atoms with van der Waals surface area (Å²) in [5.41, 5.74) is 0.560. The van der Waals surface area contributed by atoms with E-state index in [2.05, 4.69) is 0 Å². The zero-order valence-corrected chi connectivity index (χ0v) is 16.3. The van der Waals surface area contributed by atoms with Crippen LogP contribution in [0.5, 0.6) is 0 Å². The van der Waals surface area contributed by atoms with E-state index in [1.807, 2.05) is 0 Å². The van der Waals surface area contributed by atoms with Gasteiger partial charge in [-0.25, -0.2) is 22.0 Å². The van der Waals surface area contributed by atoms with Crippen LogP contribution in [0.1, 0.15) is 11.1 Å². The van der Waals surface area contributed by atoms with Gasteiger partial charge in [-0.15, -0.1) is 0 Å². The molecule has 0 amide bonds. The number of hydrogen-bond acceptors (Lipinski definition) is 6. The van der Waals surface area contributed by atoms with Crippen molar-refractivity contribution in [3.8, 4) is 0 Å². The highest BCUT2D eigenvalue weighted by atomic mass is 35.5. The van der Waals surface area contributed by atoms with Crippen LogP contribution in [0.15, 0.2) is 40.1 Å². The summed E-state index contributed by atoms with van der Waals surface area (Å²) in [5.74, 6) is 0. The molecular weight excluding hydrogens is 418 g/mol. The van der Waals surface area contributed by atoms with E-state index in [1.165, 1.54) is 25.1 Å². The lowest BCUT2D eigenvalue weighted by Crippen LogP contribution is -2.29. The second kappa shape index (κ2) is 6.44. The minimum atomic E-state index is -4.13. The highest BCUT2D eigenvalue weighted by molar-refractivity contribution is 7.92. The number of nitrogens with two attached hydrogens (primary N) is 1. The van der Waals surface area contributed by atoms with Crippen LogP contribution in [0, 0.1) is 17.0 Å². The molecule has 12 heteroatoms. The van der Waals surface area contributed by atoms with E-state index in [0.29, 0.717) is 11.3 Å². The molecule has 1 aliphatic rings. The van der Waals surface area contributed by atoms with Gasteiger partial charge in [0.1, 0.15) is 0 Å². The molecule has 1 aliphatic heterocycles. The molecule has 0 bridgehead atoms. The summed E-state index contributed by atoms with van der Waals surface area (Å²) in [6, 6.07) is 6.02. The SMILES string of the molecule is Cc1c(Cl)cc(S(=O)(=O)N2CCc3cc(S(N)(=O)=O)ccc32)cc1[N+](=O)[O-]. The van der Waals surface area contributed by atoms with Crippen LogP contribution < -0.4 is 9.44 Å². The summed E-state index contributed by atoms with van der Waals surface area (Å²) in [6.45, 7) is 1.49. The Morgan fingerprint density at radius 2 is 1.81 bits per heavy atom. The minimum Gasteiger partial charge on any atom is -0.266 e. The molecule has 0 spiro atoms. The summed E-state index contributed by atoms with van der Waals surface area (Å²) in [6.07, 6.45) is 0.277. The van der Waals surface area contributed by atoms with Crippen LogP contribution in [-0.2, 0) is 26.5 Å². The van der Waals surface area contributed by atoms with Gasteiger partial charge in [-0.2, -0.15) is 0 Å². The number of sulfonamides is 2. The number of anilines is 1. The summed E-state index contributed by atoms with van der Waals surface area (Å²) in [7, 11) is -8.05. The van der Waals surface area contributed by atoms with Crippen molar-refractivity contribution in [1.29, 1.82) is 0 Å². The molecule has 0 fully saturated rings. The number of primary sulfonamides is 1. The van der Waals surface area contributed by atoms with Gasteiger partial charge in [-0.1, -0.05) is 11.6 Å². The Morgan fingerprint density at radius 1 is 1.15 bits per heavy atom. The zero-order valence-electron chi connectivity index (χ0n) is 13.9. The Kier molecular flexibility index (Phi) is 4.67. The molecule has 2 aromatic carbocycles. The maximum Gasteiger partial charge on any atom is 0.275 e. The van der Waals surface area contributed by atoms with Crippen molar-refractivity contribution in [2.75, 3.05) is 10.8 Å². The van der Waals surface area contributed by atoms with E-state index in [0.717, 1.165) is 16.4 Å². The van der Waals surface area contributed by atoms with E-state index >= 15 is 0 Å². The van der Waals surface area contributed by atoms with Crippen LogP contribution in [0.4, 0.5) is 11.4 Å². The van der Waals surface area contributed by atoms with Crippen LogP contribution in [0.3, 0.4) is 0 Å². The first-order valence-electron chi connectivity index (χ1n) is 7.56. The first-order valence-corrected chi connectivity index (χ1v) is 10.9. The first kappa shape index (κ1) is 19.5. The Labute approximate surface area is 160 Å². The average Bonchev–Trinajstić information content (AvgIpc) is 2.99. The number of rotatable bonds is 4. The van der Waals surface area contributed by atoms with Gasteiger partial charge in [0.25, 0.3) is 15.7 Å². The molecular formula is C15H14ClN3O6S2. The highest BCUT2D eigenvalue weighted by Crippen LogP contribution is 2.37. The Bertz CT molecular complexity index is 1180. The minimum absolute atomic E-state index is 0.0354. The average molecular weight is 432 g/mol. The second-order valence-corrected chi connectivity index (χ2v) is 9.80. The molecule has 0 aliphatic carbocycles. The number of nitro groups is 1. The third-order valence-electron chi connectivity index (χ3n) is 4.31. The standard InChI is InChI=1S/C15H14ClN3O6S2/c1-9-13(16)7-12(8-15(9)19(20)21)27(24,25)18-5-4-10-6-11(26(17,22)23)2-3-14(10)18/h2-3,6-8H,4-5H2,1H3,(H2,17,22,23). The van der Waals surface area contributed by atoms with Gasteiger partial charge in [0.15, 0.2) is 0 Å². The number of hydrogen-bond donors (Lipinski definition) is 1. The van der Waals surface area contributed by atoms with Crippen molar-refractivity contribution in [3.05, 3.63) is 56.6 Å². The number of nitro benzene ring substituents is 1. The lowest BCUT2D eigenvalue weighted by atomic mass is 10.2. The van der Waals surface area contributed by atoms with Crippen molar-refractivity contribution >= 4 is 43.0 Å². The zero-order chi connectivity index (χ0) is 20.1. The number of fused-ring (bicyclic) bond motifs is 1. The van der Waals surface area contributed by atoms with E-state index in [1.54, 1.807) is 0 Å². The van der Waals surface area contributed by atoms with Gasteiger partial charge in [-0.05, 0) is 43.2 Å². The maximum atomic E-state index is 13.0. The third kappa shape index (κ3) is 3.38. The molecule has 0 unspecified atom stereocenters. The van der Waals surface area contributed by atoms with E-state index < -0.39 is 30.7 Å². The fourth-order valence-electron chi connectivity index (χ4n) is 2.88. The number of nitrogens with zero attached hydrogens (tertiary/aromatic N) is 2. The Balaban J connectivity index is 2.11. The lowest BCUT2D eigenvalue weighted by Gasteiger charge is -2.20. The molecule has 2 aromatic rings. The van der Waals surface area contributed by atoms with E-state index in [9.17, 15) is 26.9 Å². The number of halogens is 1. The maximum absolute atomic E-state index is 13.0. The molecule has 0 saturated carbocycles. The summed E-state index contributed by atoms with van der Waals surface area (Å²) < 4.78 is 50.0. The molecule has 9 nitrogen and oxygen atoms in total. The molecule has 144 valence electrons. The summed E-state index contributed by atoms with van der Waals surface area (Å²) >= 11 is 5.98. The van der Waals surface area contributed by atoms with Gasteiger partial charge < -0.3 is 0 Å². The van der Waals surface area contributed by atoms with Gasteiger partial charge in [-0.3, -0.25) is 14.4 Å². The van der Waals surface area contributed by atoms with Gasteiger partial charge in [0.2, 0.25) is 10.0 Å². The van der Waals surface area contributed by atoms with Gasteiger partial charge in [0.05, 0.1) is 25.4 Å². The molecule has 0 atom stereocenters. The summed E-state index contributed by atoms with van der Waals surface area (Å²) in [5, 5.41) is 16.2. The fourth-order valence-corrected chi connectivity index (χ4v) is 5.27. The van der Waals surface area contributed by atoms with E-state index in [4.69, 9.17) is 16.7 Å². The largest absolute Gasteiger partial charge is 0.275 e. The summed E-state index contributed by atoms with van der Waals surface area (Å²) in [4.78, 5) is 10.0. The van der Waals surface area contributed by atoms with Crippen molar-refractivity contribution in [3.63, 3.8) is 0 Å². The normalized spacial score (nSPS) is 14.3. The monoisotopic (exact) mass is 431 g/mol. The quantitative estimate of drug-likeness (QED) is 0.579. The van der Waals surface area contributed by atoms with Crippen LogP contribution in [-0.4, -0.2) is 28.3 Å². The molecule has 27 heavy (non-hydrogen) atoms. The lowest BCUT2D eigenvalue weighted by molar-refractivity contribution is -0.385. The van der Waals surface area contributed by atoms with Crippen molar-refractivity contribution in [1.82, 2.24) is 0 Å². The van der Waals surface area contributed by atoms with Gasteiger partial charge in [0, 0.05) is 18.2 Å². The van der Waals surface area contributed by atoms with Gasteiger partial charge >= 0.3 is 0 Å². The predicted molar refractivity (Wildman–Crippen MR) is 98.9 cm³/mol. The topological polar surface area (TPSA) is 141 Å². The van der Waals surface area contributed by atoms with Crippen molar-refractivity contribution < 1.29 is 21.8 Å². The molecule has 0 aromatic heterocycles. The van der Waals surface area contributed by atoms with Crippen molar-refractivity contribution in [2.45, 2.75) is 23.1 Å².